The van der Waals surface area contributed by atoms with Gasteiger partial charge in [0.05, 0.1) is 4.92 Å². The Balaban J connectivity index is 2.19. The molecule has 1 N–H and O–H groups in total. The molecule has 1 amide bonds. The molecule has 132 valence electrons. The van der Waals surface area contributed by atoms with Gasteiger partial charge in [0.2, 0.25) is 5.75 Å². The van der Waals surface area contributed by atoms with Crippen molar-refractivity contribution < 1.29 is 18.8 Å². The normalized spacial score (nSPS) is 11.7. The van der Waals surface area contributed by atoms with Crippen LogP contribution in [0.3, 0.4) is 0 Å². The summed E-state index contributed by atoms with van der Waals surface area (Å²) in [6.45, 7) is 7.15. The SMILES string of the molecule is Cc1cc(C)c(NC(=O)[C@@H](C)Oc2cc(F)ccc2[N+](=O)[O-])c(C)c1. The molecule has 2 aromatic rings. The first-order valence-electron chi connectivity index (χ1n) is 7.68. The number of hydrogen-bond donors (Lipinski definition) is 1. The van der Waals surface area contributed by atoms with Crippen LogP contribution >= 0.6 is 0 Å². The molecular formula is C18H19FN2O4. The number of nitrogens with one attached hydrogen (secondary N) is 1. The van der Waals surface area contributed by atoms with Crippen molar-refractivity contribution in [2.75, 3.05) is 5.32 Å². The number of nitrogens with zero attached hydrogens (tertiary/aromatic N) is 1. The predicted octanol–water partition coefficient (Wildman–Crippen LogP) is 4.07. The van der Waals surface area contributed by atoms with Crippen LogP contribution in [0.15, 0.2) is 30.3 Å². The van der Waals surface area contributed by atoms with Crippen molar-refractivity contribution in [3.8, 4) is 5.75 Å². The van der Waals surface area contributed by atoms with Gasteiger partial charge in [0.25, 0.3) is 5.91 Å². The van der Waals surface area contributed by atoms with Gasteiger partial charge in [0, 0.05) is 17.8 Å². The summed E-state index contributed by atoms with van der Waals surface area (Å²) in [5.74, 6) is -1.45. The van der Waals surface area contributed by atoms with E-state index in [0.29, 0.717) is 5.69 Å². The van der Waals surface area contributed by atoms with Gasteiger partial charge >= 0.3 is 5.69 Å². The summed E-state index contributed by atoms with van der Waals surface area (Å²) < 4.78 is 18.7. The van der Waals surface area contributed by atoms with Crippen molar-refractivity contribution in [2.45, 2.75) is 33.8 Å². The number of hydrogen-bond acceptors (Lipinski definition) is 4. The molecular weight excluding hydrogens is 327 g/mol. The molecule has 0 bridgehead atoms. The Morgan fingerprint density at radius 3 is 2.36 bits per heavy atom. The average Bonchev–Trinajstić information content (AvgIpc) is 2.50. The second-order valence-corrected chi connectivity index (χ2v) is 5.89. The van der Waals surface area contributed by atoms with E-state index in [1.165, 1.54) is 6.92 Å². The van der Waals surface area contributed by atoms with Gasteiger partial charge in [-0.3, -0.25) is 14.9 Å². The highest BCUT2D eigenvalue weighted by Crippen LogP contribution is 2.29. The van der Waals surface area contributed by atoms with Crippen LogP contribution in [0.2, 0.25) is 0 Å². The largest absolute Gasteiger partial charge is 0.474 e. The number of rotatable bonds is 5. The Hall–Kier alpha value is -2.96. The fraction of sp³-hybridized carbons (Fsp3) is 0.278. The second-order valence-electron chi connectivity index (χ2n) is 5.89. The van der Waals surface area contributed by atoms with Crippen LogP contribution in [0.5, 0.6) is 5.75 Å². The summed E-state index contributed by atoms with van der Waals surface area (Å²) in [4.78, 5) is 22.7. The molecule has 0 radical (unpaired) electrons. The van der Waals surface area contributed by atoms with Crippen molar-refractivity contribution >= 4 is 17.3 Å². The molecule has 25 heavy (non-hydrogen) atoms. The molecule has 0 aliphatic rings. The van der Waals surface area contributed by atoms with Gasteiger partial charge in [-0.25, -0.2) is 4.39 Å². The smallest absolute Gasteiger partial charge is 0.311 e. The van der Waals surface area contributed by atoms with Gasteiger partial charge < -0.3 is 10.1 Å². The van der Waals surface area contributed by atoms with E-state index in [1.807, 2.05) is 32.9 Å². The molecule has 0 aliphatic carbocycles. The second kappa shape index (κ2) is 7.29. The predicted molar refractivity (Wildman–Crippen MR) is 92.4 cm³/mol. The van der Waals surface area contributed by atoms with Crippen LogP contribution in [-0.4, -0.2) is 16.9 Å². The van der Waals surface area contributed by atoms with E-state index < -0.39 is 28.4 Å². The fourth-order valence-corrected chi connectivity index (χ4v) is 2.58. The van der Waals surface area contributed by atoms with Crippen molar-refractivity contribution in [2.24, 2.45) is 0 Å². The zero-order valence-electron chi connectivity index (χ0n) is 14.4. The maximum atomic E-state index is 13.3. The van der Waals surface area contributed by atoms with Crippen LogP contribution in [0.4, 0.5) is 15.8 Å². The summed E-state index contributed by atoms with van der Waals surface area (Å²) in [7, 11) is 0. The zero-order chi connectivity index (χ0) is 18.7. The van der Waals surface area contributed by atoms with Crippen LogP contribution < -0.4 is 10.1 Å². The maximum absolute atomic E-state index is 13.3. The highest BCUT2D eigenvalue weighted by atomic mass is 19.1. The topological polar surface area (TPSA) is 81.5 Å². The standard InChI is InChI=1S/C18H19FN2O4/c1-10-7-11(2)17(12(3)8-10)20-18(22)13(4)25-16-9-14(19)5-6-15(16)21(23)24/h5-9,13H,1-4H3,(H,20,22)/t13-/m1/s1. The third-order valence-corrected chi connectivity index (χ3v) is 3.72. The number of benzene rings is 2. The van der Waals surface area contributed by atoms with Gasteiger partial charge in [0.1, 0.15) is 5.82 Å². The lowest BCUT2D eigenvalue weighted by molar-refractivity contribution is -0.386. The summed E-state index contributed by atoms with van der Waals surface area (Å²) in [6, 6.07) is 6.74. The van der Waals surface area contributed by atoms with E-state index in [4.69, 9.17) is 4.74 Å². The third-order valence-electron chi connectivity index (χ3n) is 3.72. The number of carbonyl (C=O) groups is 1. The Kier molecular flexibility index (Phi) is 5.36. The van der Waals surface area contributed by atoms with E-state index in [2.05, 4.69) is 5.32 Å². The Bertz CT molecular complexity index is 813. The molecule has 0 heterocycles. The number of anilines is 1. The van der Waals surface area contributed by atoms with Gasteiger partial charge in [-0.1, -0.05) is 17.7 Å². The number of carbonyl (C=O) groups excluding carboxylic acids is 1. The molecule has 2 aromatic carbocycles. The van der Waals surface area contributed by atoms with E-state index >= 15 is 0 Å². The number of ether oxygens (including phenoxy) is 1. The average molecular weight is 346 g/mol. The highest BCUT2D eigenvalue weighted by molar-refractivity contribution is 5.95. The van der Waals surface area contributed by atoms with E-state index in [0.717, 1.165) is 34.9 Å². The lowest BCUT2D eigenvalue weighted by atomic mass is 10.0. The van der Waals surface area contributed by atoms with Crippen molar-refractivity contribution in [3.05, 3.63) is 63.0 Å². The first kappa shape index (κ1) is 18.4. The molecule has 0 unspecified atom stereocenters. The summed E-state index contributed by atoms with van der Waals surface area (Å²) >= 11 is 0. The van der Waals surface area contributed by atoms with Crippen molar-refractivity contribution in [1.82, 2.24) is 0 Å². The molecule has 1 atom stereocenters. The monoisotopic (exact) mass is 346 g/mol. The minimum Gasteiger partial charge on any atom is -0.474 e. The summed E-state index contributed by atoms with van der Waals surface area (Å²) in [6.07, 6.45) is -1.04. The summed E-state index contributed by atoms with van der Waals surface area (Å²) in [5, 5.41) is 13.8. The first-order valence-corrected chi connectivity index (χ1v) is 7.68. The maximum Gasteiger partial charge on any atom is 0.311 e. The molecule has 2 rings (SSSR count). The molecule has 0 spiro atoms. The van der Waals surface area contributed by atoms with Crippen LogP contribution in [0, 0.1) is 36.7 Å². The number of nitro benzene ring substituents is 1. The highest BCUT2D eigenvalue weighted by Gasteiger charge is 2.22. The lowest BCUT2D eigenvalue weighted by Crippen LogP contribution is -2.31. The Morgan fingerprint density at radius 2 is 1.80 bits per heavy atom. The van der Waals surface area contributed by atoms with Crippen LogP contribution in [0.1, 0.15) is 23.6 Å². The van der Waals surface area contributed by atoms with Gasteiger partial charge in [-0.2, -0.15) is 0 Å². The molecule has 0 fully saturated rings. The molecule has 0 aromatic heterocycles. The fourth-order valence-electron chi connectivity index (χ4n) is 2.58. The quantitative estimate of drug-likeness (QED) is 0.654. The molecule has 0 saturated heterocycles. The number of halogens is 1. The third kappa shape index (κ3) is 4.32. The number of amides is 1. The van der Waals surface area contributed by atoms with Gasteiger partial charge in [-0.05, 0) is 44.9 Å². The van der Waals surface area contributed by atoms with Crippen molar-refractivity contribution in [1.29, 1.82) is 0 Å². The minimum atomic E-state index is -1.04. The number of nitro groups is 1. The number of aryl methyl sites for hydroxylation is 3. The van der Waals surface area contributed by atoms with Crippen LogP contribution in [0.25, 0.3) is 0 Å². The van der Waals surface area contributed by atoms with Crippen molar-refractivity contribution in [3.63, 3.8) is 0 Å². The summed E-state index contributed by atoms with van der Waals surface area (Å²) in [5.41, 5.74) is 3.14. The van der Waals surface area contributed by atoms with Gasteiger partial charge in [-0.15, -0.1) is 0 Å². The molecule has 0 aliphatic heterocycles. The Morgan fingerprint density at radius 1 is 1.20 bits per heavy atom. The minimum absolute atomic E-state index is 0.287. The van der Waals surface area contributed by atoms with E-state index in [9.17, 15) is 19.3 Å². The zero-order valence-corrected chi connectivity index (χ0v) is 14.4. The van der Waals surface area contributed by atoms with Crippen LogP contribution in [-0.2, 0) is 4.79 Å². The molecule has 6 nitrogen and oxygen atoms in total. The molecule has 7 heteroatoms. The molecule has 0 saturated carbocycles. The van der Waals surface area contributed by atoms with E-state index in [-0.39, 0.29) is 5.75 Å². The Labute approximate surface area is 144 Å². The van der Waals surface area contributed by atoms with Gasteiger partial charge in [0.15, 0.2) is 6.10 Å². The lowest BCUT2D eigenvalue weighted by Gasteiger charge is -2.17. The first-order chi connectivity index (χ1) is 11.7. The van der Waals surface area contributed by atoms with E-state index in [1.54, 1.807) is 0 Å².